The maximum absolute atomic E-state index is 12.6. The summed E-state index contributed by atoms with van der Waals surface area (Å²) >= 11 is 0. The molecule has 1 aliphatic rings. The molecule has 4 heterocycles. The summed E-state index contributed by atoms with van der Waals surface area (Å²) in [7, 11) is 1.86. The summed E-state index contributed by atoms with van der Waals surface area (Å²) < 4.78 is 1.72. The molecule has 0 unspecified atom stereocenters. The van der Waals surface area contributed by atoms with E-state index < -0.39 is 0 Å². The van der Waals surface area contributed by atoms with Crippen molar-refractivity contribution < 1.29 is 4.79 Å². The van der Waals surface area contributed by atoms with Crippen molar-refractivity contribution in [2.24, 2.45) is 13.0 Å². The number of aryl methyl sites for hydroxylation is 1. The van der Waals surface area contributed by atoms with Crippen molar-refractivity contribution in [1.29, 1.82) is 0 Å². The fourth-order valence-corrected chi connectivity index (χ4v) is 3.67. The molecule has 3 aromatic heterocycles. The summed E-state index contributed by atoms with van der Waals surface area (Å²) in [5, 5.41) is 7.32. The van der Waals surface area contributed by atoms with Crippen LogP contribution < -0.4 is 5.32 Å². The lowest BCUT2D eigenvalue weighted by molar-refractivity contribution is -0.127. The Balaban J connectivity index is 1.35. The maximum atomic E-state index is 12.6. The number of likely N-dealkylation sites (tertiary alicyclic amines) is 1. The van der Waals surface area contributed by atoms with Crippen LogP contribution in [-0.4, -0.2) is 48.6 Å². The minimum Gasteiger partial charge on any atom is -0.339 e. The van der Waals surface area contributed by atoms with Crippen LogP contribution in [0.4, 0.5) is 11.6 Å². The Bertz CT molecular complexity index is 1020. The number of nitrogens with zero attached hydrogens (tertiary/aromatic N) is 6. The van der Waals surface area contributed by atoms with Crippen LogP contribution in [0.3, 0.4) is 0 Å². The van der Waals surface area contributed by atoms with Crippen molar-refractivity contribution in [3.63, 3.8) is 0 Å². The first kappa shape index (κ1) is 19.8. The molecular formula is C22H25N7O. The number of nitrogens with one attached hydrogen (secondary N) is 1. The Morgan fingerprint density at radius 1 is 1.27 bits per heavy atom. The summed E-state index contributed by atoms with van der Waals surface area (Å²) in [6.45, 7) is 1.53. The standard InChI is InChI=1S/C22H25N7O/c1-28-14-18(13-26-28)7-8-22(30)29-10-4-5-17(15-29)11-19-12-21(25-16-24-19)27-20-6-2-3-9-23-20/h2-3,6-9,12-14,16-17H,4-5,10-11,15H2,1H3,(H,23,24,25,27)/b8-7+/t17-/m0/s1. The highest BCUT2D eigenvalue weighted by Gasteiger charge is 2.23. The predicted octanol–water partition coefficient (Wildman–Crippen LogP) is 2.84. The molecule has 0 bridgehead atoms. The van der Waals surface area contributed by atoms with Gasteiger partial charge in [0.2, 0.25) is 5.91 Å². The summed E-state index contributed by atoms with van der Waals surface area (Å²) in [5.41, 5.74) is 1.89. The first-order valence-corrected chi connectivity index (χ1v) is 10.1. The lowest BCUT2D eigenvalue weighted by Crippen LogP contribution is -2.39. The molecule has 1 amide bonds. The SMILES string of the molecule is Cn1cc(/C=C/C(=O)N2CCC[C@@H](Cc3cc(Nc4ccccn4)ncn3)C2)cn1. The molecule has 8 heteroatoms. The monoisotopic (exact) mass is 403 g/mol. The van der Waals surface area contributed by atoms with Crippen LogP contribution in [0.5, 0.6) is 0 Å². The van der Waals surface area contributed by atoms with E-state index in [0.29, 0.717) is 5.92 Å². The smallest absolute Gasteiger partial charge is 0.246 e. The van der Waals surface area contributed by atoms with Gasteiger partial charge in [0.25, 0.3) is 0 Å². The van der Waals surface area contributed by atoms with Crippen LogP contribution in [0.1, 0.15) is 24.1 Å². The average molecular weight is 403 g/mol. The summed E-state index contributed by atoms with van der Waals surface area (Å²) in [5.74, 6) is 1.90. The van der Waals surface area contributed by atoms with Crippen molar-refractivity contribution in [2.75, 3.05) is 18.4 Å². The zero-order chi connectivity index (χ0) is 20.8. The second-order valence-electron chi connectivity index (χ2n) is 7.51. The Kier molecular flexibility index (Phi) is 6.12. The number of carbonyl (C=O) groups is 1. The van der Waals surface area contributed by atoms with Crippen molar-refractivity contribution in [2.45, 2.75) is 19.3 Å². The lowest BCUT2D eigenvalue weighted by atomic mass is 9.93. The molecule has 4 rings (SSSR count). The fourth-order valence-electron chi connectivity index (χ4n) is 3.67. The molecule has 3 aromatic rings. The molecule has 1 atom stereocenters. The number of rotatable bonds is 6. The molecule has 0 radical (unpaired) electrons. The number of aromatic nitrogens is 5. The highest BCUT2D eigenvalue weighted by molar-refractivity contribution is 5.91. The molecule has 0 spiro atoms. The van der Waals surface area contributed by atoms with Crippen molar-refractivity contribution in [3.8, 4) is 0 Å². The van der Waals surface area contributed by atoms with E-state index >= 15 is 0 Å². The Hall–Kier alpha value is -3.55. The summed E-state index contributed by atoms with van der Waals surface area (Å²) in [4.78, 5) is 27.5. The minimum atomic E-state index is 0.0451. The van der Waals surface area contributed by atoms with Gasteiger partial charge in [-0.3, -0.25) is 9.48 Å². The van der Waals surface area contributed by atoms with E-state index in [1.807, 2.05) is 48.5 Å². The van der Waals surface area contributed by atoms with E-state index in [-0.39, 0.29) is 5.91 Å². The van der Waals surface area contributed by atoms with Gasteiger partial charge < -0.3 is 10.2 Å². The van der Waals surface area contributed by atoms with Gasteiger partial charge in [-0.15, -0.1) is 0 Å². The van der Waals surface area contributed by atoms with E-state index in [1.54, 1.807) is 29.5 Å². The fraction of sp³-hybridized carbons (Fsp3) is 0.318. The molecule has 1 saturated heterocycles. The number of carbonyl (C=O) groups excluding carboxylic acids is 1. The van der Waals surface area contributed by atoms with Gasteiger partial charge in [-0.25, -0.2) is 15.0 Å². The van der Waals surface area contributed by atoms with Gasteiger partial charge >= 0.3 is 0 Å². The molecular weight excluding hydrogens is 378 g/mol. The number of piperidine rings is 1. The van der Waals surface area contributed by atoms with Gasteiger partial charge in [-0.1, -0.05) is 6.07 Å². The van der Waals surface area contributed by atoms with Crippen molar-refractivity contribution >= 4 is 23.6 Å². The third-order valence-electron chi connectivity index (χ3n) is 5.12. The second kappa shape index (κ2) is 9.30. The molecule has 0 aromatic carbocycles. The molecule has 154 valence electrons. The molecule has 1 fully saturated rings. The van der Waals surface area contributed by atoms with Crippen molar-refractivity contribution in [1.82, 2.24) is 29.6 Å². The van der Waals surface area contributed by atoms with Gasteiger partial charge in [0.15, 0.2) is 0 Å². The molecule has 30 heavy (non-hydrogen) atoms. The lowest BCUT2D eigenvalue weighted by Gasteiger charge is -2.32. The topological polar surface area (TPSA) is 88.8 Å². The van der Waals surface area contributed by atoms with Gasteiger partial charge in [-0.05, 0) is 43.4 Å². The van der Waals surface area contributed by atoms with Crippen LogP contribution in [0.15, 0.2) is 55.3 Å². The highest BCUT2D eigenvalue weighted by atomic mass is 16.2. The molecule has 8 nitrogen and oxygen atoms in total. The molecule has 0 saturated carbocycles. The van der Waals surface area contributed by atoms with Crippen molar-refractivity contribution in [3.05, 3.63) is 66.5 Å². The van der Waals surface area contributed by atoms with Gasteiger partial charge in [0, 0.05) is 55.9 Å². The first-order valence-electron chi connectivity index (χ1n) is 10.1. The van der Waals surface area contributed by atoms with Gasteiger partial charge in [-0.2, -0.15) is 5.10 Å². The molecule has 0 aliphatic carbocycles. The quantitative estimate of drug-likeness (QED) is 0.637. The summed E-state index contributed by atoms with van der Waals surface area (Å²) in [6, 6.07) is 7.65. The van der Waals surface area contributed by atoms with E-state index in [9.17, 15) is 4.79 Å². The Morgan fingerprint density at radius 3 is 3.00 bits per heavy atom. The largest absolute Gasteiger partial charge is 0.339 e. The second-order valence-corrected chi connectivity index (χ2v) is 7.51. The number of anilines is 2. The number of hydrogen-bond donors (Lipinski definition) is 1. The number of hydrogen-bond acceptors (Lipinski definition) is 6. The summed E-state index contributed by atoms with van der Waals surface area (Å²) in [6.07, 6.45) is 13.3. The van der Waals surface area contributed by atoms with E-state index in [4.69, 9.17) is 0 Å². The zero-order valence-electron chi connectivity index (χ0n) is 17.0. The zero-order valence-corrected chi connectivity index (χ0v) is 17.0. The number of amides is 1. The maximum Gasteiger partial charge on any atom is 0.246 e. The van der Waals surface area contributed by atoms with E-state index in [1.165, 1.54) is 0 Å². The van der Waals surface area contributed by atoms with Crippen LogP contribution >= 0.6 is 0 Å². The third-order valence-corrected chi connectivity index (χ3v) is 5.12. The van der Waals surface area contributed by atoms with E-state index in [2.05, 4.69) is 25.4 Å². The third kappa shape index (κ3) is 5.28. The van der Waals surface area contributed by atoms with Crippen LogP contribution in [-0.2, 0) is 18.3 Å². The van der Waals surface area contributed by atoms with Gasteiger partial charge in [0.05, 0.1) is 6.20 Å². The number of pyridine rings is 1. The first-order chi connectivity index (χ1) is 14.7. The molecule has 1 aliphatic heterocycles. The normalized spacial score (nSPS) is 16.7. The Morgan fingerprint density at radius 2 is 2.20 bits per heavy atom. The predicted molar refractivity (Wildman–Crippen MR) is 115 cm³/mol. The Labute approximate surface area is 175 Å². The highest BCUT2D eigenvalue weighted by Crippen LogP contribution is 2.22. The van der Waals surface area contributed by atoms with Crippen LogP contribution in [0.2, 0.25) is 0 Å². The minimum absolute atomic E-state index is 0.0451. The average Bonchev–Trinajstić information content (AvgIpc) is 3.18. The van der Waals surface area contributed by atoms with E-state index in [0.717, 1.165) is 55.2 Å². The van der Waals surface area contributed by atoms with Crippen LogP contribution in [0, 0.1) is 5.92 Å². The molecule has 1 N–H and O–H groups in total. The van der Waals surface area contributed by atoms with Crippen LogP contribution in [0.25, 0.3) is 6.08 Å². The van der Waals surface area contributed by atoms with Gasteiger partial charge in [0.1, 0.15) is 18.0 Å².